The molecule has 0 aromatic heterocycles. The van der Waals surface area contributed by atoms with E-state index in [1.54, 1.807) is 7.11 Å². The summed E-state index contributed by atoms with van der Waals surface area (Å²) in [7, 11) is 1.58. The van der Waals surface area contributed by atoms with Gasteiger partial charge in [-0.1, -0.05) is 0 Å². The zero-order valence-corrected chi connectivity index (χ0v) is 5.02. The van der Waals surface area contributed by atoms with Gasteiger partial charge in [0.05, 0.1) is 6.61 Å². The lowest BCUT2D eigenvalue weighted by atomic mass is 10.7. The fourth-order valence-corrected chi connectivity index (χ4v) is 0.226. The minimum atomic E-state index is 0. The maximum Gasteiger partial charge on any atom is 0.146 e. The molecule has 0 heterocycles. The van der Waals surface area contributed by atoms with Gasteiger partial charge in [-0.2, -0.15) is 0 Å². The molecule has 0 aromatic carbocycles. The van der Waals surface area contributed by atoms with Crippen molar-refractivity contribution < 1.29 is 14.9 Å². The van der Waals surface area contributed by atoms with Gasteiger partial charge < -0.3 is 20.7 Å². The third-order valence-corrected chi connectivity index (χ3v) is 0.463. The van der Waals surface area contributed by atoms with Crippen LogP contribution >= 0.6 is 0 Å². The lowest BCUT2D eigenvalue weighted by Gasteiger charge is -1.96. The third-order valence-electron chi connectivity index (χ3n) is 0.463. The van der Waals surface area contributed by atoms with E-state index in [-0.39, 0.29) is 5.48 Å². The molecular weight excluding hydrogens is 110 g/mol. The highest BCUT2D eigenvalue weighted by Gasteiger charge is 1.77. The van der Waals surface area contributed by atoms with Crippen LogP contribution in [0.25, 0.3) is 0 Å². The van der Waals surface area contributed by atoms with Crippen molar-refractivity contribution in [3.8, 4) is 0 Å². The van der Waals surface area contributed by atoms with Crippen LogP contribution in [0.4, 0.5) is 0 Å². The normalized spacial score (nSPS) is 8.25. The van der Waals surface area contributed by atoms with Gasteiger partial charge in [0.2, 0.25) is 0 Å². The summed E-state index contributed by atoms with van der Waals surface area (Å²) >= 11 is 0. The highest BCUT2D eigenvalue weighted by Crippen LogP contribution is 1.69. The Balaban J connectivity index is 0. The predicted molar refractivity (Wildman–Crippen MR) is 30.5 cm³/mol. The molecule has 0 radical (unpaired) electrons. The zero-order chi connectivity index (χ0) is 5.54. The Morgan fingerprint density at radius 3 is 2.50 bits per heavy atom. The van der Waals surface area contributed by atoms with Crippen molar-refractivity contribution >= 4 is 0 Å². The van der Waals surface area contributed by atoms with E-state index in [4.69, 9.17) is 10.5 Å². The molecule has 52 valence electrons. The van der Waals surface area contributed by atoms with Crippen LogP contribution < -0.4 is 5.73 Å². The number of methoxy groups -OCH3 is 1. The fraction of sp³-hybridized carbons (Fsp3) is 1.00. The average molecular weight is 123 g/mol. The standard InChI is InChI=1S/C4H11NO2.H2O/c1-6-4-7-3-2-5;/h2-5H2,1H3;1H2. The molecule has 0 unspecified atom stereocenters. The maximum atomic E-state index is 5.09. The minimum absolute atomic E-state index is 0. The lowest BCUT2D eigenvalue weighted by Crippen LogP contribution is -2.09. The molecule has 4 N–H and O–H groups in total. The van der Waals surface area contributed by atoms with Gasteiger partial charge in [-0.15, -0.1) is 0 Å². The van der Waals surface area contributed by atoms with Crippen molar-refractivity contribution in [2.24, 2.45) is 5.73 Å². The Hall–Kier alpha value is -0.160. The van der Waals surface area contributed by atoms with Crippen molar-refractivity contribution in [1.29, 1.82) is 0 Å². The molecule has 0 aliphatic heterocycles. The largest absolute Gasteiger partial charge is 0.412 e. The van der Waals surface area contributed by atoms with Gasteiger partial charge in [-0.3, -0.25) is 0 Å². The molecule has 0 bridgehead atoms. The molecular formula is C4H13NO3. The molecule has 0 spiro atoms. The summed E-state index contributed by atoms with van der Waals surface area (Å²) in [5.41, 5.74) is 5.09. The molecule has 0 aromatic rings. The van der Waals surface area contributed by atoms with E-state index in [1.807, 2.05) is 0 Å². The molecule has 0 saturated heterocycles. The highest BCUT2D eigenvalue weighted by atomic mass is 16.7. The number of rotatable bonds is 4. The number of nitrogens with two attached hydrogens (primary N) is 1. The van der Waals surface area contributed by atoms with E-state index in [0.29, 0.717) is 19.9 Å². The van der Waals surface area contributed by atoms with Gasteiger partial charge in [0, 0.05) is 13.7 Å². The van der Waals surface area contributed by atoms with Crippen molar-refractivity contribution in [2.45, 2.75) is 0 Å². The van der Waals surface area contributed by atoms with E-state index >= 15 is 0 Å². The molecule has 4 nitrogen and oxygen atoms in total. The van der Waals surface area contributed by atoms with Crippen LogP contribution in [0.2, 0.25) is 0 Å². The zero-order valence-electron chi connectivity index (χ0n) is 5.02. The van der Waals surface area contributed by atoms with Crippen LogP contribution in [0, 0.1) is 0 Å². The smallest absolute Gasteiger partial charge is 0.146 e. The fourth-order valence-electron chi connectivity index (χ4n) is 0.226. The Morgan fingerprint density at radius 1 is 1.50 bits per heavy atom. The second-order valence-corrected chi connectivity index (χ2v) is 1.10. The van der Waals surface area contributed by atoms with Gasteiger partial charge in [-0.25, -0.2) is 0 Å². The van der Waals surface area contributed by atoms with Crippen LogP contribution in [-0.2, 0) is 9.47 Å². The van der Waals surface area contributed by atoms with Crippen LogP contribution in [0.15, 0.2) is 0 Å². The van der Waals surface area contributed by atoms with Gasteiger partial charge in [0.15, 0.2) is 0 Å². The molecule has 0 amide bonds. The first-order valence-corrected chi connectivity index (χ1v) is 2.18. The maximum absolute atomic E-state index is 5.09. The summed E-state index contributed by atoms with van der Waals surface area (Å²) in [6.45, 7) is 1.48. The summed E-state index contributed by atoms with van der Waals surface area (Å²) in [5.74, 6) is 0. The quantitative estimate of drug-likeness (QED) is 0.374. The van der Waals surface area contributed by atoms with Gasteiger partial charge in [0.1, 0.15) is 6.79 Å². The Morgan fingerprint density at radius 2 is 2.12 bits per heavy atom. The van der Waals surface area contributed by atoms with Crippen LogP contribution in [-0.4, -0.2) is 32.5 Å². The van der Waals surface area contributed by atoms with Gasteiger partial charge in [-0.05, 0) is 0 Å². The van der Waals surface area contributed by atoms with Crippen molar-refractivity contribution in [2.75, 3.05) is 27.1 Å². The summed E-state index contributed by atoms with van der Waals surface area (Å²) in [5, 5.41) is 0. The number of hydrogen-bond donors (Lipinski definition) is 1. The second kappa shape index (κ2) is 9.96. The SMILES string of the molecule is COCOCCN.O. The first kappa shape index (κ1) is 10.8. The number of ether oxygens (including phenoxy) is 2. The molecule has 0 rings (SSSR count). The van der Waals surface area contributed by atoms with E-state index in [9.17, 15) is 0 Å². The average Bonchev–Trinajstić information content (AvgIpc) is 1.69. The van der Waals surface area contributed by atoms with Crippen LogP contribution in [0.1, 0.15) is 0 Å². The Bertz CT molecular complexity index is 30.5. The second-order valence-electron chi connectivity index (χ2n) is 1.10. The first-order valence-electron chi connectivity index (χ1n) is 2.18. The molecule has 8 heavy (non-hydrogen) atoms. The van der Waals surface area contributed by atoms with Crippen LogP contribution in [0.5, 0.6) is 0 Å². The molecule has 0 aliphatic rings. The minimum Gasteiger partial charge on any atom is -0.412 e. The molecule has 0 atom stereocenters. The topological polar surface area (TPSA) is 76.0 Å². The molecule has 0 fully saturated rings. The van der Waals surface area contributed by atoms with Crippen LogP contribution in [0.3, 0.4) is 0 Å². The Labute approximate surface area is 48.9 Å². The van der Waals surface area contributed by atoms with E-state index < -0.39 is 0 Å². The van der Waals surface area contributed by atoms with E-state index in [2.05, 4.69) is 4.74 Å². The third kappa shape index (κ3) is 9.28. The van der Waals surface area contributed by atoms with Gasteiger partial charge in [0.25, 0.3) is 0 Å². The first-order chi connectivity index (χ1) is 3.41. The summed E-state index contributed by atoms with van der Waals surface area (Å²) in [6.07, 6.45) is 0. The molecule has 0 aliphatic carbocycles. The Kier molecular flexibility index (Phi) is 13.4. The monoisotopic (exact) mass is 123 g/mol. The van der Waals surface area contributed by atoms with Gasteiger partial charge >= 0.3 is 0 Å². The van der Waals surface area contributed by atoms with Crippen molar-refractivity contribution in [3.63, 3.8) is 0 Å². The predicted octanol–water partition coefficient (Wildman–Crippen LogP) is -1.26. The van der Waals surface area contributed by atoms with E-state index in [0.717, 1.165) is 0 Å². The lowest BCUT2D eigenvalue weighted by molar-refractivity contribution is -0.0271. The van der Waals surface area contributed by atoms with Crippen molar-refractivity contribution in [3.05, 3.63) is 0 Å². The summed E-state index contributed by atoms with van der Waals surface area (Å²) in [4.78, 5) is 0. The number of hydrogen-bond acceptors (Lipinski definition) is 3. The highest BCUT2D eigenvalue weighted by molar-refractivity contribution is 4.23. The summed E-state index contributed by atoms with van der Waals surface area (Å²) < 4.78 is 9.35. The molecule has 4 heteroatoms. The van der Waals surface area contributed by atoms with Crippen molar-refractivity contribution in [1.82, 2.24) is 0 Å². The van der Waals surface area contributed by atoms with E-state index in [1.165, 1.54) is 0 Å². The summed E-state index contributed by atoms with van der Waals surface area (Å²) in [6, 6.07) is 0. The molecule has 0 saturated carbocycles.